The van der Waals surface area contributed by atoms with Crippen molar-refractivity contribution in [2.75, 3.05) is 7.11 Å². The van der Waals surface area contributed by atoms with Gasteiger partial charge in [0.25, 0.3) is 0 Å². The van der Waals surface area contributed by atoms with Crippen molar-refractivity contribution in [2.24, 2.45) is 0 Å². The molecule has 0 N–H and O–H groups in total. The van der Waals surface area contributed by atoms with Crippen molar-refractivity contribution >= 4 is 5.97 Å². The molecule has 0 radical (unpaired) electrons. The molecule has 0 amide bonds. The van der Waals surface area contributed by atoms with Crippen molar-refractivity contribution in [3.63, 3.8) is 0 Å². The average molecular weight is 261 g/mol. The molecule has 2 aromatic rings. The van der Waals surface area contributed by atoms with Crippen LogP contribution in [0, 0.1) is 0 Å². The molecule has 6 heteroatoms. The summed E-state index contributed by atoms with van der Waals surface area (Å²) in [6, 6.07) is 7.34. The molecule has 2 rings (SSSR count). The van der Waals surface area contributed by atoms with Crippen LogP contribution in [0.3, 0.4) is 0 Å². The highest BCUT2D eigenvalue weighted by Gasteiger charge is 2.12. The summed E-state index contributed by atoms with van der Waals surface area (Å²) in [7, 11) is 1.57. The largest absolute Gasteiger partial charge is 0.550 e. The minimum atomic E-state index is -1.08. The number of aliphatic carboxylic acids is 1. The first-order valence-electron chi connectivity index (χ1n) is 5.86. The topological polar surface area (TPSA) is 88.3 Å². The number of benzene rings is 1. The second-order valence-electron chi connectivity index (χ2n) is 3.94. The zero-order valence-corrected chi connectivity index (χ0v) is 10.5. The van der Waals surface area contributed by atoms with E-state index in [1.54, 1.807) is 7.11 Å². The lowest BCUT2D eigenvalue weighted by Gasteiger charge is -2.03. The molecule has 6 nitrogen and oxygen atoms in total. The number of hydrogen-bond acceptors (Lipinski definition) is 6. The van der Waals surface area contributed by atoms with Crippen molar-refractivity contribution in [3.8, 4) is 17.1 Å². The quantitative estimate of drug-likeness (QED) is 0.764. The number of aryl methyl sites for hydroxylation is 1. The highest BCUT2D eigenvalue weighted by molar-refractivity contribution is 5.64. The van der Waals surface area contributed by atoms with Crippen LogP contribution in [0.1, 0.15) is 18.7 Å². The Hall–Kier alpha value is -2.37. The van der Waals surface area contributed by atoms with Crippen molar-refractivity contribution in [2.45, 2.75) is 19.3 Å². The Morgan fingerprint density at radius 2 is 2.21 bits per heavy atom. The molecule has 0 fully saturated rings. The van der Waals surface area contributed by atoms with Crippen LogP contribution >= 0.6 is 0 Å². The van der Waals surface area contributed by atoms with E-state index in [0.29, 0.717) is 30.3 Å². The van der Waals surface area contributed by atoms with Gasteiger partial charge in [0.2, 0.25) is 11.7 Å². The lowest BCUT2D eigenvalue weighted by atomic mass is 10.2. The highest BCUT2D eigenvalue weighted by atomic mass is 16.5. The molecular formula is C13H13N2O4-. The van der Waals surface area contributed by atoms with Gasteiger partial charge in [0.15, 0.2) is 0 Å². The number of ether oxygens (including phenoxy) is 1. The van der Waals surface area contributed by atoms with Crippen LogP contribution in [0.15, 0.2) is 28.8 Å². The van der Waals surface area contributed by atoms with E-state index in [9.17, 15) is 9.90 Å². The smallest absolute Gasteiger partial charge is 0.226 e. The SMILES string of the molecule is COc1ccccc1-c1noc(CCCC(=O)[O-])n1. The number of carboxylic acids is 1. The van der Waals surface area contributed by atoms with Crippen LogP contribution in [0.5, 0.6) is 5.75 Å². The molecule has 0 unspecified atom stereocenters. The number of carbonyl (C=O) groups excluding carboxylic acids is 1. The molecule has 100 valence electrons. The lowest BCUT2D eigenvalue weighted by molar-refractivity contribution is -0.305. The maximum Gasteiger partial charge on any atom is 0.226 e. The van der Waals surface area contributed by atoms with Gasteiger partial charge >= 0.3 is 0 Å². The van der Waals surface area contributed by atoms with Gasteiger partial charge in [0.1, 0.15) is 5.75 Å². The van der Waals surface area contributed by atoms with Crippen LogP contribution in [0.25, 0.3) is 11.4 Å². The maximum atomic E-state index is 10.3. The molecule has 0 spiro atoms. The third-order valence-electron chi connectivity index (χ3n) is 2.59. The third kappa shape index (κ3) is 3.31. The highest BCUT2D eigenvalue weighted by Crippen LogP contribution is 2.27. The minimum absolute atomic E-state index is 0.0215. The summed E-state index contributed by atoms with van der Waals surface area (Å²) in [4.78, 5) is 14.5. The van der Waals surface area contributed by atoms with E-state index in [2.05, 4.69) is 10.1 Å². The summed E-state index contributed by atoms with van der Waals surface area (Å²) < 4.78 is 10.3. The monoisotopic (exact) mass is 261 g/mol. The Bertz CT molecular complexity index is 565. The first-order chi connectivity index (χ1) is 9.20. The fraction of sp³-hybridized carbons (Fsp3) is 0.308. The molecule has 1 heterocycles. The second kappa shape index (κ2) is 5.99. The van der Waals surface area contributed by atoms with E-state index in [-0.39, 0.29) is 6.42 Å². The summed E-state index contributed by atoms with van der Waals surface area (Å²) in [5, 5.41) is 14.2. The van der Waals surface area contributed by atoms with Gasteiger partial charge in [-0.2, -0.15) is 4.98 Å². The van der Waals surface area contributed by atoms with E-state index in [1.807, 2.05) is 24.3 Å². The predicted molar refractivity (Wildman–Crippen MR) is 64.2 cm³/mol. The molecule has 19 heavy (non-hydrogen) atoms. The molecule has 0 aliphatic rings. The first kappa shape index (κ1) is 13.1. The van der Waals surface area contributed by atoms with Gasteiger partial charge < -0.3 is 19.2 Å². The van der Waals surface area contributed by atoms with Gasteiger partial charge in [-0.15, -0.1) is 0 Å². The van der Waals surface area contributed by atoms with E-state index in [1.165, 1.54) is 0 Å². The number of nitrogens with zero attached hydrogens (tertiary/aromatic N) is 2. The zero-order chi connectivity index (χ0) is 13.7. The fourth-order valence-corrected chi connectivity index (χ4v) is 1.68. The number of carbonyl (C=O) groups is 1. The van der Waals surface area contributed by atoms with Gasteiger partial charge in [0, 0.05) is 12.4 Å². The van der Waals surface area contributed by atoms with Gasteiger partial charge in [-0.25, -0.2) is 0 Å². The second-order valence-corrected chi connectivity index (χ2v) is 3.94. The van der Waals surface area contributed by atoms with Gasteiger partial charge in [-0.1, -0.05) is 17.3 Å². The molecule has 1 aromatic heterocycles. The van der Waals surface area contributed by atoms with Crippen molar-refractivity contribution in [3.05, 3.63) is 30.2 Å². The third-order valence-corrected chi connectivity index (χ3v) is 2.59. The Morgan fingerprint density at radius 3 is 2.95 bits per heavy atom. The summed E-state index contributed by atoms with van der Waals surface area (Å²) in [5.41, 5.74) is 0.736. The van der Waals surface area contributed by atoms with Crippen molar-refractivity contribution < 1.29 is 19.2 Å². The van der Waals surface area contributed by atoms with E-state index in [4.69, 9.17) is 9.26 Å². The van der Waals surface area contributed by atoms with Crippen LogP contribution in [-0.2, 0) is 11.2 Å². The van der Waals surface area contributed by atoms with Gasteiger partial charge in [0.05, 0.1) is 12.7 Å². The number of methoxy groups -OCH3 is 1. The molecule has 0 bridgehead atoms. The fourth-order valence-electron chi connectivity index (χ4n) is 1.68. The molecule has 0 aliphatic carbocycles. The maximum absolute atomic E-state index is 10.3. The summed E-state index contributed by atoms with van der Waals surface area (Å²) in [6.07, 6.45) is 0.804. The first-order valence-corrected chi connectivity index (χ1v) is 5.86. The zero-order valence-electron chi connectivity index (χ0n) is 10.5. The normalized spacial score (nSPS) is 10.4. The van der Waals surface area contributed by atoms with Crippen LogP contribution in [-0.4, -0.2) is 23.2 Å². The number of aromatic nitrogens is 2. The van der Waals surface area contributed by atoms with E-state index >= 15 is 0 Å². The number of carboxylic acid groups (broad SMARTS) is 1. The molecule has 0 atom stereocenters. The summed E-state index contributed by atoms with van der Waals surface area (Å²) >= 11 is 0. The Labute approximate surface area is 110 Å². The number of hydrogen-bond donors (Lipinski definition) is 0. The van der Waals surface area contributed by atoms with Crippen molar-refractivity contribution in [1.82, 2.24) is 10.1 Å². The van der Waals surface area contributed by atoms with Crippen molar-refractivity contribution in [1.29, 1.82) is 0 Å². The average Bonchev–Trinajstić information content (AvgIpc) is 2.87. The lowest BCUT2D eigenvalue weighted by Crippen LogP contribution is -2.21. The van der Waals surface area contributed by atoms with Gasteiger partial charge in [-0.3, -0.25) is 0 Å². The molecule has 1 aromatic carbocycles. The molecule has 0 saturated heterocycles. The Kier molecular flexibility index (Phi) is 4.12. The number of para-hydroxylation sites is 1. The molecular weight excluding hydrogens is 248 g/mol. The van der Waals surface area contributed by atoms with Crippen LogP contribution in [0.4, 0.5) is 0 Å². The minimum Gasteiger partial charge on any atom is -0.550 e. The van der Waals surface area contributed by atoms with Crippen LogP contribution < -0.4 is 9.84 Å². The molecule has 0 saturated carbocycles. The van der Waals surface area contributed by atoms with E-state index < -0.39 is 5.97 Å². The van der Waals surface area contributed by atoms with Crippen LogP contribution in [0.2, 0.25) is 0 Å². The van der Waals surface area contributed by atoms with Gasteiger partial charge in [-0.05, 0) is 25.0 Å². The van der Waals surface area contributed by atoms with E-state index in [0.717, 1.165) is 5.56 Å². The molecule has 0 aliphatic heterocycles. The summed E-state index contributed by atoms with van der Waals surface area (Å²) in [5.74, 6) is 0.414. The Balaban J connectivity index is 2.10. The summed E-state index contributed by atoms with van der Waals surface area (Å²) in [6.45, 7) is 0. The standard InChI is InChI=1S/C13H14N2O4/c1-18-10-6-3-2-5-9(10)13-14-11(19-15-13)7-4-8-12(16)17/h2-3,5-6H,4,7-8H2,1H3,(H,16,17)/p-1. The predicted octanol–water partition coefficient (Wildman–Crippen LogP) is 0.818. The Morgan fingerprint density at radius 1 is 1.42 bits per heavy atom. The number of rotatable bonds is 6.